The van der Waals surface area contributed by atoms with Crippen molar-refractivity contribution in [3.63, 3.8) is 0 Å². The van der Waals surface area contributed by atoms with Gasteiger partial charge in [0.1, 0.15) is 5.82 Å². The summed E-state index contributed by atoms with van der Waals surface area (Å²) in [5.74, 6) is 0.111. The topological polar surface area (TPSA) is 84.3 Å². The van der Waals surface area contributed by atoms with Crippen LogP contribution in [0, 0.1) is 0 Å². The van der Waals surface area contributed by atoms with Gasteiger partial charge < -0.3 is 15.2 Å². The number of anilines is 1. The fourth-order valence-electron chi connectivity index (χ4n) is 1.80. The molecule has 0 bridgehead atoms. The maximum absolute atomic E-state index is 11.1. The van der Waals surface area contributed by atoms with Gasteiger partial charge >= 0.3 is 5.97 Å². The molecule has 0 unspecified atom stereocenters. The fraction of sp³-hybridized carbons (Fsp3) is 0.214. The van der Waals surface area contributed by atoms with Gasteiger partial charge in [-0.05, 0) is 18.1 Å². The second-order valence-electron chi connectivity index (χ2n) is 4.09. The van der Waals surface area contributed by atoms with Crippen LogP contribution in [0.2, 0.25) is 0 Å². The van der Waals surface area contributed by atoms with Crippen molar-refractivity contribution in [3.05, 3.63) is 47.8 Å². The number of aromatic nitrogens is 2. The fourth-order valence-corrected chi connectivity index (χ4v) is 1.80. The number of hydrogen-bond acceptors (Lipinski definition) is 5. The third kappa shape index (κ3) is 3.44. The van der Waals surface area contributed by atoms with Gasteiger partial charge in [0.25, 0.3) is 0 Å². The standard InChI is InChI=1S/C14H15N3O3/c1-20-13-9-15-8-12(17-13)16-7-6-10-4-2-3-5-11(10)14(18)19/h2-5,8-9H,6-7H2,1H3,(H,16,17)(H,18,19). The second kappa shape index (κ2) is 6.51. The quantitative estimate of drug-likeness (QED) is 0.835. The SMILES string of the molecule is COc1cncc(NCCc2ccccc2C(=O)O)n1. The summed E-state index contributed by atoms with van der Waals surface area (Å²) in [6.07, 6.45) is 3.69. The summed E-state index contributed by atoms with van der Waals surface area (Å²) in [7, 11) is 1.52. The van der Waals surface area contributed by atoms with E-state index in [1.165, 1.54) is 13.3 Å². The van der Waals surface area contributed by atoms with E-state index in [2.05, 4.69) is 15.3 Å². The molecule has 0 saturated carbocycles. The van der Waals surface area contributed by atoms with Gasteiger partial charge in [-0.15, -0.1) is 0 Å². The largest absolute Gasteiger partial charge is 0.480 e. The predicted molar refractivity (Wildman–Crippen MR) is 74.2 cm³/mol. The van der Waals surface area contributed by atoms with E-state index >= 15 is 0 Å². The predicted octanol–water partition coefficient (Wildman–Crippen LogP) is 1.84. The second-order valence-corrected chi connectivity index (χ2v) is 4.09. The van der Waals surface area contributed by atoms with Crippen LogP contribution in [-0.4, -0.2) is 34.7 Å². The first-order chi connectivity index (χ1) is 9.70. The van der Waals surface area contributed by atoms with Gasteiger partial charge in [0.05, 0.1) is 25.1 Å². The van der Waals surface area contributed by atoms with Crippen molar-refractivity contribution in [1.82, 2.24) is 9.97 Å². The number of nitrogens with zero attached hydrogens (tertiary/aromatic N) is 2. The number of benzene rings is 1. The summed E-state index contributed by atoms with van der Waals surface area (Å²) in [6.45, 7) is 0.562. The zero-order valence-corrected chi connectivity index (χ0v) is 11.0. The lowest BCUT2D eigenvalue weighted by molar-refractivity contribution is 0.0695. The minimum absolute atomic E-state index is 0.325. The number of carboxylic acids is 1. The molecular formula is C14H15N3O3. The van der Waals surface area contributed by atoms with E-state index in [0.717, 1.165) is 5.56 Å². The molecule has 20 heavy (non-hydrogen) atoms. The van der Waals surface area contributed by atoms with E-state index < -0.39 is 5.97 Å². The molecule has 0 radical (unpaired) electrons. The number of carbonyl (C=O) groups is 1. The van der Waals surface area contributed by atoms with Gasteiger partial charge in [-0.3, -0.25) is 4.98 Å². The summed E-state index contributed by atoms with van der Waals surface area (Å²) in [5.41, 5.74) is 1.11. The highest BCUT2D eigenvalue weighted by atomic mass is 16.5. The van der Waals surface area contributed by atoms with E-state index in [0.29, 0.717) is 30.2 Å². The highest BCUT2D eigenvalue weighted by molar-refractivity contribution is 5.89. The van der Waals surface area contributed by atoms with Crippen molar-refractivity contribution in [1.29, 1.82) is 0 Å². The Balaban J connectivity index is 1.97. The molecular weight excluding hydrogens is 258 g/mol. The number of rotatable bonds is 6. The molecule has 0 saturated heterocycles. The van der Waals surface area contributed by atoms with Gasteiger partial charge in [-0.25, -0.2) is 4.79 Å². The van der Waals surface area contributed by atoms with Crippen molar-refractivity contribution in [3.8, 4) is 5.88 Å². The first-order valence-corrected chi connectivity index (χ1v) is 6.12. The van der Waals surface area contributed by atoms with Crippen LogP contribution in [0.25, 0.3) is 0 Å². The van der Waals surface area contributed by atoms with Crippen LogP contribution in [-0.2, 0) is 6.42 Å². The summed E-state index contributed by atoms with van der Waals surface area (Å²) in [4.78, 5) is 19.2. The van der Waals surface area contributed by atoms with E-state index in [9.17, 15) is 4.79 Å². The van der Waals surface area contributed by atoms with Gasteiger partial charge in [-0.1, -0.05) is 18.2 Å². The Labute approximate surface area is 116 Å². The van der Waals surface area contributed by atoms with E-state index in [-0.39, 0.29) is 0 Å². The minimum atomic E-state index is -0.915. The van der Waals surface area contributed by atoms with Crippen LogP contribution in [0.4, 0.5) is 5.82 Å². The van der Waals surface area contributed by atoms with Crippen molar-refractivity contribution in [2.75, 3.05) is 19.0 Å². The Morgan fingerprint density at radius 3 is 2.90 bits per heavy atom. The molecule has 1 heterocycles. The van der Waals surface area contributed by atoms with Gasteiger partial charge in [0.2, 0.25) is 5.88 Å². The third-order valence-corrected chi connectivity index (χ3v) is 2.77. The number of carboxylic acid groups (broad SMARTS) is 1. The number of methoxy groups -OCH3 is 1. The molecule has 0 aliphatic rings. The molecule has 0 aliphatic carbocycles. The molecule has 2 rings (SSSR count). The van der Waals surface area contributed by atoms with Crippen LogP contribution < -0.4 is 10.1 Å². The normalized spacial score (nSPS) is 10.1. The Morgan fingerprint density at radius 1 is 1.35 bits per heavy atom. The Kier molecular flexibility index (Phi) is 4.49. The third-order valence-electron chi connectivity index (χ3n) is 2.77. The van der Waals surface area contributed by atoms with Crippen LogP contribution in [0.1, 0.15) is 15.9 Å². The average Bonchev–Trinajstić information content (AvgIpc) is 2.48. The lowest BCUT2D eigenvalue weighted by Gasteiger charge is -2.08. The van der Waals surface area contributed by atoms with Crippen LogP contribution in [0.5, 0.6) is 5.88 Å². The lowest BCUT2D eigenvalue weighted by atomic mass is 10.0. The Bertz CT molecular complexity index is 602. The molecule has 0 atom stereocenters. The minimum Gasteiger partial charge on any atom is -0.480 e. The summed E-state index contributed by atoms with van der Waals surface area (Å²) < 4.78 is 4.98. The molecule has 0 spiro atoms. The monoisotopic (exact) mass is 273 g/mol. The average molecular weight is 273 g/mol. The molecule has 104 valence electrons. The highest BCUT2D eigenvalue weighted by Gasteiger charge is 2.08. The van der Waals surface area contributed by atoms with Crippen molar-refractivity contribution >= 4 is 11.8 Å². The lowest BCUT2D eigenvalue weighted by Crippen LogP contribution is -2.10. The van der Waals surface area contributed by atoms with Gasteiger partial charge in [0, 0.05) is 6.54 Å². The van der Waals surface area contributed by atoms with Crippen molar-refractivity contribution in [2.24, 2.45) is 0 Å². The van der Waals surface area contributed by atoms with Gasteiger partial charge in [0.15, 0.2) is 0 Å². The molecule has 1 aromatic carbocycles. The van der Waals surface area contributed by atoms with E-state index in [1.807, 2.05) is 12.1 Å². The Hall–Kier alpha value is -2.63. The van der Waals surface area contributed by atoms with Crippen LogP contribution in [0.3, 0.4) is 0 Å². The van der Waals surface area contributed by atoms with Gasteiger partial charge in [-0.2, -0.15) is 4.98 Å². The summed E-state index contributed by atoms with van der Waals surface area (Å²) in [6, 6.07) is 6.95. The molecule has 0 aliphatic heterocycles. The summed E-state index contributed by atoms with van der Waals surface area (Å²) >= 11 is 0. The number of hydrogen-bond donors (Lipinski definition) is 2. The zero-order valence-electron chi connectivity index (χ0n) is 11.0. The van der Waals surface area contributed by atoms with Crippen molar-refractivity contribution < 1.29 is 14.6 Å². The molecule has 0 amide bonds. The molecule has 2 aromatic rings. The number of ether oxygens (including phenoxy) is 1. The smallest absolute Gasteiger partial charge is 0.335 e. The highest BCUT2D eigenvalue weighted by Crippen LogP contribution is 2.11. The number of aromatic carboxylic acids is 1. The van der Waals surface area contributed by atoms with Crippen LogP contribution >= 0.6 is 0 Å². The van der Waals surface area contributed by atoms with E-state index in [1.54, 1.807) is 18.3 Å². The number of nitrogens with one attached hydrogen (secondary N) is 1. The molecule has 0 fully saturated rings. The van der Waals surface area contributed by atoms with E-state index in [4.69, 9.17) is 9.84 Å². The maximum Gasteiger partial charge on any atom is 0.335 e. The van der Waals surface area contributed by atoms with Crippen molar-refractivity contribution in [2.45, 2.75) is 6.42 Å². The maximum atomic E-state index is 11.1. The first-order valence-electron chi connectivity index (χ1n) is 6.12. The molecule has 6 heteroatoms. The zero-order chi connectivity index (χ0) is 14.4. The van der Waals surface area contributed by atoms with Crippen LogP contribution in [0.15, 0.2) is 36.7 Å². The Morgan fingerprint density at radius 2 is 2.15 bits per heavy atom. The molecule has 6 nitrogen and oxygen atoms in total. The first kappa shape index (κ1) is 13.8. The molecule has 2 N–H and O–H groups in total. The summed E-state index contributed by atoms with van der Waals surface area (Å²) in [5, 5.41) is 12.2. The molecule has 1 aromatic heterocycles.